The molecular formula is C28H28ClN3O5. The first-order valence-electron chi connectivity index (χ1n) is 12.3. The molecule has 1 saturated heterocycles. The summed E-state index contributed by atoms with van der Waals surface area (Å²) in [5.74, 6) is 1.51. The number of hydrogen-bond donors (Lipinski definition) is 3. The Morgan fingerprint density at radius 2 is 2.03 bits per heavy atom. The van der Waals surface area contributed by atoms with Crippen LogP contribution in [-0.2, 0) is 4.74 Å². The molecule has 0 bridgehead atoms. The quantitative estimate of drug-likeness (QED) is 0.246. The lowest BCUT2D eigenvalue weighted by Crippen LogP contribution is -2.36. The fourth-order valence-corrected chi connectivity index (χ4v) is 4.70. The minimum Gasteiger partial charge on any atom is -0.490 e. The number of carbonyl (C=O) groups is 1. The van der Waals surface area contributed by atoms with Gasteiger partial charge in [0.1, 0.15) is 17.1 Å². The Morgan fingerprint density at radius 3 is 2.73 bits per heavy atom. The number of nitrogens with zero attached hydrogens (tertiary/aromatic N) is 1. The average molecular weight is 522 g/mol. The van der Waals surface area contributed by atoms with Crippen molar-refractivity contribution in [2.75, 3.05) is 25.1 Å². The molecule has 0 saturated carbocycles. The van der Waals surface area contributed by atoms with Gasteiger partial charge in [0.15, 0.2) is 11.5 Å². The second-order valence-corrected chi connectivity index (χ2v) is 9.21. The summed E-state index contributed by atoms with van der Waals surface area (Å²) in [6, 6.07) is 14.4. The summed E-state index contributed by atoms with van der Waals surface area (Å²) < 4.78 is 17.5. The molecule has 4 aromatic rings. The van der Waals surface area contributed by atoms with E-state index in [4.69, 9.17) is 25.8 Å². The van der Waals surface area contributed by atoms with Crippen LogP contribution in [-0.4, -0.2) is 52.8 Å². The maximum atomic E-state index is 13.7. The number of nitrogens with one attached hydrogen (secondary N) is 2. The maximum absolute atomic E-state index is 13.7. The zero-order valence-corrected chi connectivity index (χ0v) is 21.1. The number of aliphatic hydroxyl groups is 1. The standard InChI is InChI=1S/C28H28ClN3O5/c1-2-35-24-14-31-28-25(26(24)32-17-8-9-20(15-33)36-16-17)22(13-30-28)27(34)21-11-10-19(12-23(21)29)37-18-6-4-3-5-7-18/h3-7,10-14,17,20,33H,2,8-9,15-16H2,1H3,(H2,30,31,32)/t17-,20+/m1/s1. The van der Waals surface area contributed by atoms with Crippen molar-refractivity contribution in [2.45, 2.75) is 31.9 Å². The number of aliphatic hydroxyl groups excluding tert-OH is 1. The summed E-state index contributed by atoms with van der Waals surface area (Å²) in [7, 11) is 0. The van der Waals surface area contributed by atoms with Gasteiger partial charge in [0, 0.05) is 23.9 Å². The van der Waals surface area contributed by atoms with E-state index in [1.165, 1.54) is 0 Å². The highest BCUT2D eigenvalue weighted by Crippen LogP contribution is 2.37. The highest BCUT2D eigenvalue weighted by atomic mass is 35.5. The Morgan fingerprint density at radius 1 is 1.19 bits per heavy atom. The number of rotatable bonds is 9. The molecule has 0 amide bonds. The molecule has 0 spiro atoms. The molecule has 9 heteroatoms. The van der Waals surface area contributed by atoms with Gasteiger partial charge < -0.3 is 29.6 Å². The maximum Gasteiger partial charge on any atom is 0.196 e. The minimum atomic E-state index is -0.249. The first-order valence-corrected chi connectivity index (χ1v) is 12.6. The zero-order chi connectivity index (χ0) is 25.8. The third-order valence-corrected chi connectivity index (χ3v) is 6.61. The number of anilines is 1. The van der Waals surface area contributed by atoms with Crippen molar-refractivity contribution < 1.29 is 24.1 Å². The van der Waals surface area contributed by atoms with Crippen LogP contribution in [0.5, 0.6) is 17.2 Å². The molecule has 0 aliphatic carbocycles. The molecule has 37 heavy (non-hydrogen) atoms. The number of aromatic amines is 1. The number of halogens is 1. The van der Waals surface area contributed by atoms with Gasteiger partial charge in [0.25, 0.3) is 0 Å². The van der Waals surface area contributed by atoms with E-state index in [2.05, 4.69) is 15.3 Å². The first-order chi connectivity index (χ1) is 18.1. The van der Waals surface area contributed by atoms with Crippen molar-refractivity contribution in [1.29, 1.82) is 0 Å². The van der Waals surface area contributed by atoms with E-state index in [0.717, 1.165) is 12.8 Å². The van der Waals surface area contributed by atoms with Gasteiger partial charge in [0.05, 0.1) is 53.8 Å². The van der Waals surface area contributed by atoms with E-state index in [0.29, 0.717) is 58.3 Å². The Kier molecular flexibility index (Phi) is 7.60. The molecule has 1 fully saturated rings. The van der Waals surface area contributed by atoms with Crippen LogP contribution >= 0.6 is 11.6 Å². The molecule has 0 unspecified atom stereocenters. The Hall–Kier alpha value is -3.59. The average Bonchev–Trinajstić information content (AvgIpc) is 3.35. The van der Waals surface area contributed by atoms with Gasteiger partial charge in [-0.15, -0.1) is 0 Å². The molecule has 3 N–H and O–H groups in total. The fourth-order valence-electron chi connectivity index (χ4n) is 4.45. The van der Waals surface area contributed by atoms with Crippen molar-refractivity contribution >= 4 is 34.1 Å². The Labute approximate surface area is 219 Å². The van der Waals surface area contributed by atoms with Gasteiger partial charge in [-0.3, -0.25) is 4.79 Å². The van der Waals surface area contributed by atoms with Gasteiger partial charge in [0.2, 0.25) is 0 Å². The number of para-hydroxylation sites is 1. The fraction of sp³-hybridized carbons (Fsp3) is 0.286. The van der Waals surface area contributed by atoms with Crippen LogP contribution in [0.25, 0.3) is 11.0 Å². The van der Waals surface area contributed by atoms with E-state index in [1.54, 1.807) is 30.6 Å². The van der Waals surface area contributed by atoms with Gasteiger partial charge >= 0.3 is 0 Å². The number of benzene rings is 2. The van der Waals surface area contributed by atoms with Crippen molar-refractivity contribution in [3.8, 4) is 17.2 Å². The third-order valence-electron chi connectivity index (χ3n) is 6.30. The second-order valence-electron chi connectivity index (χ2n) is 8.80. The summed E-state index contributed by atoms with van der Waals surface area (Å²) >= 11 is 6.56. The van der Waals surface area contributed by atoms with E-state index in [-0.39, 0.29) is 29.6 Å². The predicted octanol–water partition coefficient (Wildman–Crippen LogP) is 5.59. The van der Waals surface area contributed by atoms with Gasteiger partial charge in [-0.25, -0.2) is 4.98 Å². The van der Waals surface area contributed by atoms with Crippen molar-refractivity contribution in [2.24, 2.45) is 0 Å². The Bertz CT molecular complexity index is 1380. The lowest BCUT2D eigenvalue weighted by Gasteiger charge is -2.30. The molecule has 8 nitrogen and oxygen atoms in total. The SMILES string of the molecule is CCOc1cnc2[nH]cc(C(=O)c3ccc(Oc4ccccc4)cc3Cl)c2c1N[C@@H]1CC[C@@H](CO)OC1. The normalized spacial score (nSPS) is 17.5. The molecular weight excluding hydrogens is 494 g/mol. The van der Waals surface area contributed by atoms with Crippen LogP contribution < -0.4 is 14.8 Å². The van der Waals surface area contributed by atoms with E-state index >= 15 is 0 Å². The number of ether oxygens (including phenoxy) is 3. The molecule has 0 radical (unpaired) electrons. The number of aromatic nitrogens is 2. The topological polar surface area (TPSA) is 106 Å². The first kappa shape index (κ1) is 25.1. The molecule has 2 aromatic heterocycles. The lowest BCUT2D eigenvalue weighted by atomic mass is 10.0. The minimum absolute atomic E-state index is 0.00279. The molecule has 1 aliphatic heterocycles. The van der Waals surface area contributed by atoms with Crippen LogP contribution in [0.2, 0.25) is 5.02 Å². The van der Waals surface area contributed by atoms with Crippen molar-refractivity contribution in [3.63, 3.8) is 0 Å². The van der Waals surface area contributed by atoms with Crippen LogP contribution in [0.15, 0.2) is 60.9 Å². The number of pyridine rings is 1. The number of hydrogen-bond acceptors (Lipinski definition) is 7. The van der Waals surface area contributed by atoms with Crippen LogP contribution in [0.1, 0.15) is 35.7 Å². The summed E-state index contributed by atoms with van der Waals surface area (Å²) in [6.07, 6.45) is 4.68. The molecule has 1 aliphatic rings. The summed E-state index contributed by atoms with van der Waals surface area (Å²) in [5.41, 5.74) is 2.00. The zero-order valence-electron chi connectivity index (χ0n) is 20.4. The number of H-pyrrole nitrogens is 1. The van der Waals surface area contributed by atoms with E-state index < -0.39 is 0 Å². The molecule has 3 heterocycles. The highest BCUT2D eigenvalue weighted by Gasteiger charge is 2.26. The smallest absolute Gasteiger partial charge is 0.196 e. The summed E-state index contributed by atoms with van der Waals surface area (Å²) in [6.45, 7) is 2.77. The molecule has 192 valence electrons. The Balaban J connectivity index is 1.47. The second kappa shape index (κ2) is 11.2. The molecule has 5 rings (SSSR count). The monoisotopic (exact) mass is 521 g/mol. The van der Waals surface area contributed by atoms with Gasteiger partial charge in [-0.1, -0.05) is 29.8 Å². The summed E-state index contributed by atoms with van der Waals surface area (Å²) in [5, 5.41) is 13.8. The lowest BCUT2D eigenvalue weighted by molar-refractivity contribution is -0.0223. The number of fused-ring (bicyclic) bond motifs is 1. The number of carbonyl (C=O) groups excluding carboxylic acids is 1. The van der Waals surface area contributed by atoms with Gasteiger partial charge in [-0.05, 0) is 44.0 Å². The predicted molar refractivity (Wildman–Crippen MR) is 142 cm³/mol. The van der Waals surface area contributed by atoms with Crippen LogP contribution in [0, 0.1) is 0 Å². The van der Waals surface area contributed by atoms with Gasteiger partial charge in [-0.2, -0.15) is 0 Å². The highest BCUT2D eigenvalue weighted by molar-refractivity contribution is 6.36. The largest absolute Gasteiger partial charge is 0.490 e. The third kappa shape index (κ3) is 5.41. The van der Waals surface area contributed by atoms with Crippen LogP contribution in [0.3, 0.4) is 0 Å². The molecule has 2 aromatic carbocycles. The molecule has 2 atom stereocenters. The summed E-state index contributed by atoms with van der Waals surface area (Å²) in [4.78, 5) is 21.3. The van der Waals surface area contributed by atoms with E-state index in [1.807, 2.05) is 37.3 Å². The van der Waals surface area contributed by atoms with Crippen molar-refractivity contribution in [1.82, 2.24) is 9.97 Å². The number of ketones is 1. The van der Waals surface area contributed by atoms with E-state index in [9.17, 15) is 9.90 Å². The van der Waals surface area contributed by atoms with Crippen LogP contribution in [0.4, 0.5) is 5.69 Å². The van der Waals surface area contributed by atoms with Crippen molar-refractivity contribution in [3.05, 3.63) is 77.1 Å².